The van der Waals surface area contributed by atoms with Crippen molar-refractivity contribution in [3.63, 3.8) is 0 Å². The highest BCUT2D eigenvalue weighted by Crippen LogP contribution is 2.35. The zero-order chi connectivity index (χ0) is 21.6. The molecule has 0 spiro atoms. The molecule has 1 aliphatic carbocycles. The number of hydrogen-bond acceptors (Lipinski definition) is 6. The molecule has 0 bridgehead atoms. The minimum Gasteiger partial charge on any atom is -0.459 e. The van der Waals surface area contributed by atoms with E-state index in [0.29, 0.717) is 27.8 Å². The maximum Gasteiger partial charge on any atom is 0.348 e. The largest absolute Gasteiger partial charge is 0.459 e. The van der Waals surface area contributed by atoms with Crippen molar-refractivity contribution in [1.29, 1.82) is 0 Å². The maximum absolute atomic E-state index is 12.6. The van der Waals surface area contributed by atoms with Crippen LogP contribution in [0.2, 0.25) is 0 Å². The van der Waals surface area contributed by atoms with E-state index in [0.717, 1.165) is 17.8 Å². The average Bonchev–Trinajstić information content (AvgIpc) is 2.96. The lowest BCUT2D eigenvalue weighted by atomic mass is 9.86. The third-order valence-corrected chi connectivity index (χ3v) is 6.17. The van der Waals surface area contributed by atoms with Gasteiger partial charge in [0.1, 0.15) is 9.88 Å². The van der Waals surface area contributed by atoms with Gasteiger partial charge in [0, 0.05) is 6.42 Å². The fraction of sp³-hybridized carbons (Fsp3) is 0.682. The van der Waals surface area contributed by atoms with Crippen molar-refractivity contribution in [3.8, 4) is 0 Å². The summed E-state index contributed by atoms with van der Waals surface area (Å²) in [5.41, 5.74) is 0.722. The monoisotopic (exact) mass is 423 g/mol. The van der Waals surface area contributed by atoms with Crippen LogP contribution >= 0.6 is 11.3 Å². The molecular formula is C22H33NO5S. The molecule has 0 aliphatic heterocycles. The van der Waals surface area contributed by atoms with E-state index >= 15 is 0 Å². The number of amides is 1. The Kier molecular flexibility index (Phi) is 8.68. The topological polar surface area (TPSA) is 81.7 Å². The van der Waals surface area contributed by atoms with Crippen LogP contribution in [0, 0.1) is 12.8 Å². The van der Waals surface area contributed by atoms with Crippen LogP contribution in [0.1, 0.15) is 98.2 Å². The van der Waals surface area contributed by atoms with Crippen molar-refractivity contribution in [2.45, 2.75) is 91.8 Å². The molecule has 6 nitrogen and oxygen atoms in total. The summed E-state index contributed by atoms with van der Waals surface area (Å²) in [5, 5.41) is 3.20. The lowest BCUT2D eigenvalue weighted by Gasteiger charge is -2.21. The number of anilines is 1. The Hall–Kier alpha value is -1.89. The number of ether oxygens (including phenoxy) is 2. The molecule has 0 radical (unpaired) electrons. The molecule has 2 rings (SSSR count). The molecule has 1 N–H and O–H groups in total. The smallest absolute Gasteiger partial charge is 0.348 e. The summed E-state index contributed by atoms with van der Waals surface area (Å²) < 4.78 is 10.6. The van der Waals surface area contributed by atoms with E-state index in [1.165, 1.54) is 32.1 Å². The third-order valence-electron chi connectivity index (χ3n) is 4.98. The Morgan fingerprint density at radius 1 is 1.00 bits per heavy atom. The summed E-state index contributed by atoms with van der Waals surface area (Å²) in [7, 11) is 0. The van der Waals surface area contributed by atoms with Gasteiger partial charge in [-0.25, -0.2) is 9.59 Å². The second-order valence-electron chi connectivity index (χ2n) is 8.26. The summed E-state index contributed by atoms with van der Waals surface area (Å²) in [4.78, 5) is 37.9. The van der Waals surface area contributed by atoms with Crippen LogP contribution in [-0.4, -0.2) is 30.1 Å². The van der Waals surface area contributed by atoms with E-state index in [9.17, 15) is 14.4 Å². The number of rotatable bonds is 8. The Labute approximate surface area is 177 Å². The molecule has 7 heteroatoms. The number of carbonyl (C=O) groups excluding carboxylic acids is 3. The SMILES string of the molecule is Cc1c(C(=O)OC(C)C)sc(NC(=O)CCC2CCCCC2)c1C(=O)OC(C)C. The summed E-state index contributed by atoms with van der Waals surface area (Å²) in [6, 6.07) is 0. The predicted octanol–water partition coefficient (Wildman–Crippen LogP) is 5.49. The highest BCUT2D eigenvalue weighted by Gasteiger charge is 2.28. The molecule has 162 valence electrons. The first-order valence-electron chi connectivity index (χ1n) is 10.5. The van der Waals surface area contributed by atoms with Gasteiger partial charge in [0.05, 0.1) is 17.8 Å². The maximum atomic E-state index is 12.6. The molecule has 1 saturated carbocycles. The lowest BCUT2D eigenvalue weighted by Crippen LogP contribution is -2.18. The second-order valence-corrected chi connectivity index (χ2v) is 9.28. The van der Waals surface area contributed by atoms with Gasteiger partial charge in [-0.15, -0.1) is 11.3 Å². The Bertz CT molecular complexity index is 732. The van der Waals surface area contributed by atoms with E-state index in [1.54, 1.807) is 34.6 Å². The van der Waals surface area contributed by atoms with Crippen molar-refractivity contribution in [2.24, 2.45) is 5.92 Å². The van der Waals surface area contributed by atoms with Gasteiger partial charge in [0.2, 0.25) is 5.91 Å². The molecular weight excluding hydrogens is 390 g/mol. The minimum absolute atomic E-state index is 0.140. The summed E-state index contributed by atoms with van der Waals surface area (Å²) in [6.07, 6.45) is 6.81. The predicted molar refractivity (Wildman–Crippen MR) is 115 cm³/mol. The van der Waals surface area contributed by atoms with Gasteiger partial charge >= 0.3 is 11.9 Å². The quantitative estimate of drug-likeness (QED) is 0.559. The van der Waals surface area contributed by atoms with Crippen LogP contribution in [0.25, 0.3) is 0 Å². The average molecular weight is 424 g/mol. The molecule has 1 aromatic rings. The second kappa shape index (κ2) is 10.8. The third kappa shape index (κ3) is 6.84. The zero-order valence-corrected chi connectivity index (χ0v) is 18.9. The van der Waals surface area contributed by atoms with Crippen LogP contribution in [0.3, 0.4) is 0 Å². The lowest BCUT2D eigenvalue weighted by molar-refractivity contribution is -0.116. The molecule has 1 heterocycles. The molecule has 1 fully saturated rings. The molecule has 1 aliphatic rings. The summed E-state index contributed by atoms with van der Waals surface area (Å²) in [6.45, 7) is 8.74. The van der Waals surface area contributed by atoms with Gasteiger partial charge in [0.15, 0.2) is 0 Å². The Morgan fingerprint density at radius 3 is 2.17 bits per heavy atom. The standard InChI is InChI=1S/C22H33NO5S/c1-13(2)27-21(25)18-15(5)19(22(26)28-14(3)4)29-20(18)23-17(24)12-11-16-9-7-6-8-10-16/h13-14,16H,6-12H2,1-5H3,(H,23,24). The summed E-state index contributed by atoms with van der Waals surface area (Å²) >= 11 is 1.07. The van der Waals surface area contributed by atoms with E-state index in [-0.39, 0.29) is 23.7 Å². The molecule has 1 aromatic heterocycles. The van der Waals surface area contributed by atoms with Crippen LogP contribution in [0.4, 0.5) is 5.00 Å². The number of nitrogens with one attached hydrogen (secondary N) is 1. The van der Waals surface area contributed by atoms with Gasteiger partial charge in [-0.2, -0.15) is 0 Å². The van der Waals surface area contributed by atoms with Crippen LogP contribution in [0.5, 0.6) is 0 Å². The highest BCUT2D eigenvalue weighted by atomic mass is 32.1. The zero-order valence-electron chi connectivity index (χ0n) is 18.1. The van der Waals surface area contributed by atoms with Crippen molar-refractivity contribution >= 4 is 34.2 Å². The fourth-order valence-corrected chi connectivity index (χ4v) is 4.68. The fourth-order valence-electron chi connectivity index (χ4n) is 3.58. The van der Waals surface area contributed by atoms with E-state index in [4.69, 9.17) is 9.47 Å². The number of thiophene rings is 1. The first-order valence-corrected chi connectivity index (χ1v) is 11.4. The van der Waals surface area contributed by atoms with Crippen molar-refractivity contribution in [3.05, 3.63) is 16.0 Å². The first kappa shape index (κ1) is 23.4. The van der Waals surface area contributed by atoms with Crippen molar-refractivity contribution in [1.82, 2.24) is 0 Å². The molecule has 0 atom stereocenters. The Morgan fingerprint density at radius 2 is 1.59 bits per heavy atom. The van der Waals surface area contributed by atoms with Gasteiger partial charge in [-0.3, -0.25) is 4.79 Å². The van der Waals surface area contributed by atoms with Crippen LogP contribution < -0.4 is 5.32 Å². The number of esters is 2. The summed E-state index contributed by atoms with van der Waals surface area (Å²) in [5.74, 6) is -0.579. The van der Waals surface area contributed by atoms with E-state index < -0.39 is 11.9 Å². The van der Waals surface area contributed by atoms with Crippen molar-refractivity contribution < 1.29 is 23.9 Å². The van der Waals surface area contributed by atoms with Crippen LogP contribution in [0.15, 0.2) is 0 Å². The van der Waals surface area contributed by atoms with Gasteiger partial charge in [0.25, 0.3) is 0 Å². The first-order chi connectivity index (χ1) is 13.7. The van der Waals surface area contributed by atoms with Crippen LogP contribution in [-0.2, 0) is 14.3 Å². The van der Waals surface area contributed by atoms with Gasteiger partial charge in [-0.1, -0.05) is 32.1 Å². The van der Waals surface area contributed by atoms with Gasteiger partial charge in [-0.05, 0) is 52.5 Å². The number of carbonyl (C=O) groups is 3. The number of hydrogen-bond donors (Lipinski definition) is 1. The van der Waals surface area contributed by atoms with E-state index in [1.807, 2.05) is 0 Å². The molecule has 0 saturated heterocycles. The molecule has 29 heavy (non-hydrogen) atoms. The van der Waals surface area contributed by atoms with E-state index in [2.05, 4.69) is 5.32 Å². The normalized spacial score (nSPS) is 14.9. The molecule has 1 amide bonds. The van der Waals surface area contributed by atoms with Gasteiger partial charge < -0.3 is 14.8 Å². The minimum atomic E-state index is -0.542. The Balaban J connectivity index is 2.17. The van der Waals surface area contributed by atoms with Crippen molar-refractivity contribution in [2.75, 3.05) is 5.32 Å². The molecule has 0 unspecified atom stereocenters. The highest BCUT2D eigenvalue weighted by molar-refractivity contribution is 7.18. The molecule has 0 aromatic carbocycles.